The highest BCUT2D eigenvalue weighted by molar-refractivity contribution is 5.75. The highest BCUT2D eigenvalue weighted by Gasteiger charge is 2.20. The molecule has 0 spiro atoms. The van der Waals surface area contributed by atoms with Crippen molar-refractivity contribution in [3.05, 3.63) is 73.1 Å². The van der Waals surface area contributed by atoms with Gasteiger partial charge < -0.3 is 4.90 Å². The van der Waals surface area contributed by atoms with Crippen LogP contribution < -0.4 is 4.90 Å². The second-order valence-electron chi connectivity index (χ2n) is 4.46. The van der Waals surface area contributed by atoms with Gasteiger partial charge in [-0.2, -0.15) is 0 Å². The lowest BCUT2D eigenvalue weighted by Crippen LogP contribution is -2.12. The summed E-state index contributed by atoms with van der Waals surface area (Å²) in [6, 6.07) is 8.46. The van der Waals surface area contributed by atoms with Crippen molar-refractivity contribution in [3.63, 3.8) is 0 Å². The van der Waals surface area contributed by atoms with E-state index in [1.165, 1.54) is 5.56 Å². The molecule has 0 radical (unpaired) electrons. The molecule has 1 heterocycles. The number of hydrogen-bond donors (Lipinski definition) is 0. The first-order chi connectivity index (χ1) is 8.67. The van der Waals surface area contributed by atoms with Crippen molar-refractivity contribution in [3.8, 4) is 0 Å². The van der Waals surface area contributed by atoms with Gasteiger partial charge in [0.1, 0.15) is 0 Å². The molecule has 1 saturated heterocycles. The summed E-state index contributed by atoms with van der Waals surface area (Å²) >= 11 is 0. The third-order valence-electron chi connectivity index (χ3n) is 3.32. The van der Waals surface area contributed by atoms with Crippen molar-refractivity contribution in [1.82, 2.24) is 0 Å². The van der Waals surface area contributed by atoms with Crippen LogP contribution in [0, 0.1) is 0 Å². The summed E-state index contributed by atoms with van der Waals surface area (Å²) in [5.41, 5.74) is 5.74. The molecule has 0 aromatic heterocycles. The molecule has 1 nitrogen and oxygen atoms in total. The van der Waals surface area contributed by atoms with Crippen LogP contribution in [0.15, 0.2) is 67.5 Å². The summed E-state index contributed by atoms with van der Waals surface area (Å²) in [5.74, 6) is 0. The van der Waals surface area contributed by atoms with Crippen LogP contribution in [0.5, 0.6) is 0 Å². The van der Waals surface area contributed by atoms with E-state index in [4.69, 9.17) is 0 Å². The Balaban J connectivity index is 2.30. The average molecular weight is 237 g/mol. The molecule has 0 atom stereocenters. The smallest absolute Gasteiger partial charge is 0.0455 e. The SMILES string of the molecule is C=C/C(=C\C)c1ccc(N2C(=C)CCC2=C)cc1. The van der Waals surface area contributed by atoms with Crippen LogP contribution in [0.4, 0.5) is 5.69 Å². The maximum Gasteiger partial charge on any atom is 0.0455 e. The van der Waals surface area contributed by atoms with Gasteiger partial charge in [0, 0.05) is 17.1 Å². The van der Waals surface area contributed by atoms with Crippen molar-refractivity contribution < 1.29 is 0 Å². The Bertz CT molecular complexity index is 501. The zero-order valence-electron chi connectivity index (χ0n) is 10.9. The molecule has 2 rings (SSSR count). The fraction of sp³-hybridized carbons (Fsp3) is 0.176. The van der Waals surface area contributed by atoms with Crippen LogP contribution >= 0.6 is 0 Å². The summed E-state index contributed by atoms with van der Waals surface area (Å²) < 4.78 is 0. The molecule has 1 heteroatoms. The van der Waals surface area contributed by atoms with E-state index < -0.39 is 0 Å². The Morgan fingerprint density at radius 2 is 1.67 bits per heavy atom. The predicted molar refractivity (Wildman–Crippen MR) is 80.3 cm³/mol. The molecule has 1 aromatic carbocycles. The summed E-state index contributed by atoms with van der Waals surface area (Å²) in [4.78, 5) is 2.15. The molecule has 92 valence electrons. The predicted octanol–water partition coefficient (Wildman–Crippen LogP) is 4.90. The standard InChI is InChI=1S/C17H19N/c1-5-15(6-2)16-9-11-17(12-10-16)18-13(3)7-8-14(18)4/h5-6,9-12H,1,3-4,7-8H2,2H3/b15-6+. The molecule has 1 aromatic rings. The highest BCUT2D eigenvalue weighted by atomic mass is 15.2. The van der Waals surface area contributed by atoms with E-state index in [0.717, 1.165) is 35.5 Å². The minimum absolute atomic E-state index is 1.01. The molecule has 1 aliphatic rings. The second-order valence-corrected chi connectivity index (χ2v) is 4.46. The minimum atomic E-state index is 1.01. The normalized spacial score (nSPS) is 16.3. The van der Waals surface area contributed by atoms with Gasteiger partial charge in [0.25, 0.3) is 0 Å². The van der Waals surface area contributed by atoms with Gasteiger partial charge in [0.2, 0.25) is 0 Å². The summed E-state index contributed by atoms with van der Waals surface area (Å²) in [6.07, 6.45) is 5.96. The average Bonchev–Trinajstić information content (AvgIpc) is 2.72. The van der Waals surface area contributed by atoms with Crippen molar-refractivity contribution in [1.29, 1.82) is 0 Å². The van der Waals surface area contributed by atoms with Gasteiger partial charge >= 0.3 is 0 Å². The monoisotopic (exact) mass is 237 g/mol. The molecule has 0 N–H and O–H groups in total. The fourth-order valence-corrected chi connectivity index (χ4v) is 2.31. The summed E-state index contributed by atoms with van der Waals surface area (Å²) in [5, 5.41) is 0. The largest absolute Gasteiger partial charge is 0.319 e. The third kappa shape index (κ3) is 2.17. The molecule has 1 aliphatic heterocycles. The van der Waals surface area contributed by atoms with E-state index in [1.54, 1.807) is 0 Å². The molecule has 0 saturated carbocycles. The van der Waals surface area contributed by atoms with E-state index in [1.807, 2.05) is 13.0 Å². The lowest BCUT2D eigenvalue weighted by molar-refractivity contribution is 1.06. The topological polar surface area (TPSA) is 3.24 Å². The van der Waals surface area contributed by atoms with Gasteiger partial charge in [-0.15, -0.1) is 0 Å². The highest BCUT2D eigenvalue weighted by Crippen LogP contribution is 2.34. The number of hydrogen-bond acceptors (Lipinski definition) is 1. The lowest BCUT2D eigenvalue weighted by atomic mass is 10.1. The van der Waals surface area contributed by atoms with Crippen molar-refractivity contribution >= 4 is 11.3 Å². The molecular weight excluding hydrogens is 218 g/mol. The van der Waals surface area contributed by atoms with Crippen LogP contribution in [-0.4, -0.2) is 0 Å². The fourth-order valence-electron chi connectivity index (χ4n) is 2.31. The van der Waals surface area contributed by atoms with Crippen molar-refractivity contribution in [2.75, 3.05) is 4.90 Å². The van der Waals surface area contributed by atoms with Gasteiger partial charge in [-0.05, 0) is 43.0 Å². The van der Waals surface area contributed by atoms with E-state index >= 15 is 0 Å². The van der Waals surface area contributed by atoms with Crippen molar-refractivity contribution in [2.24, 2.45) is 0 Å². The van der Waals surface area contributed by atoms with Crippen LogP contribution in [0.1, 0.15) is 25.3 Å². The molecule has 1 fully saturated rings. The van der Waals surface area contributed by atoms with Crippen molar-refractivity contribution in [2.45, 2.75) is 19.8 Å². The zero-order chi connectivity index (χ0) is 13.1. The Labute approximate surface area is 109 Å². The quantitative estimate of drug-likeness (QED) is 0.675. The molecule has 0 bridgehead atoms. The molecular formula is C17H19N. The van der Waals surface area contributed by atoms with Gasteiger partial charge in [0.05, 0.1) is 0 Å². The lowest BCUT2D eigenvalue weighted by Gasteiger charge is -2.21. The number of nitrogens with zero attached hydrogens (tertiary/aromatic N) is 1. The first-order valence-corrected chi connectivity index (χ1v) is 6.22. The number of anilines is 1. The second kappa shape index (κ2) is 5.09. The van der Waals surface area contributed by atoms with Crippen LogP contribution in [0.25, 0.3) is 5.57 Å². The van der Waals surface area contributed by atoms with Crippen LogP contribution in [0.2, 0.25) is 0 Å². The van der Waals surface area contributed by atoms with E-state index in [2.05, 4.69) is 55.0 Å². The Morgan fingerprint density at radius 3 is 2.11 bits per heavy atom. The Hall–Kier alpha value is -2.02. The zero-order valence-corrected chi connectivity index (χ0v) is 10.9. The maximum atomic E-state index is 4.09. The molecule has 0 aliphatic carbocycles. The number of allylic oxidation sites excluding steroid dienone is 5. The van der Waals surface area contributed by atoms with Gasteiger partial charge in [-0.25, -0.2) is 0 Å². The summed E-state index contributed by atoms with van der Waals surface area (Å²) in [7, 11) is 0. The molecule has 0 amide bonds. The first kappa shape index (κ1) is 12.4. The van der Waals surface area contributed by atoms with Gasteiger partial charge in [-0.3, -0.25) is 0 Å². The van der Waals surface area contributed by atoms with Gasteiger partial charge in [-0.1, -0.05) is 44.0 Å². The van der Waals surface area contributed by atoms with Crippen LogP contribution in [0.3, 0.4) is 0 Å². The third-order valence-corrected chi connectivity index (χ3v) is 3.32. The number of rotatable bonds is 3. The van der Waals surface area contributed by atoms with Crippen LogP contribution in [-0.2, 0) is 0 Å². The Kier molecular flexibility index (Phi) is 3.52. The van der Waals surface area contributed by atoms with E-state index in [9.17, 15) is 0 Å². The molecule has 18 heavy (non-hydrogen) atoms. The Morgan fingerprint density at radius 1 is 1.11 bits per heavy atom. The minimum Gasteiger partial charge on any atom is -0.319 e. The summed E-state index contributed by atoms with van der Waals surface area (Å²) in [6.45, 7) is 14.0. The van der Waals surface area contributed by atoms with E-state index in [0.29, 0.717) is 0 Å². The first-order valence-electron chi connectivity index (χ1n) is 6.22. The molecule has 0 unspecified atom stereocenters. The number of benzene rings is 1. The maximum absolute atomic E-state index is 4.09. The van der Waals surface area contributed by atoms with Gasteiger partial charge in [0.15, 0.2) is 0 Å². The van der Waals surface area contributed by atoms with E-state index in [-0.39, 0.29) is 0 Å².